The van der Waals surface area contributed by atoms with Crippen LogP contribution in [0.1, 0.15) is 12.5 Å². The number of hydrogen-bond donors (Lipinski definition) is 2. The lowest BCUT2D eigenvalue weighted by molar-refractivity contribution is -0.274. The molecular formula is C19H20F3N3O3S. The first-order chi connectivity index (χ1) is 13.7. The van der Waals surface area contributed by atoms with Crippen LogP contribution in [0.5, 0.6) is 5.75 Å². The predicted molar refractivity (Wildman–Crippen MR) is 103 cm³/mol. The molecule has 0 saturated carbocycles. The second kappa shape index (κ2) is 8.50. The molecule has 3 rings (SSSR count). The molecular weight excluding hydrogens is 407 g/mol. The van der Waals surface area contributed by atoms with E-state index in [1.165, 1.54) is 36.0 Å². The third kappa shape index (κ3) is 5.13. The number of hydrogen-bond acceptors (Lipinski definition) is 6. The van der Waals surface area contributed by atoms with E-state index in [0.717, 1.165) is 4.91 Å². The van der Waals surface area contributed by atoms with Gasteiger partial charge in [-0.05, 0) is 30.7 Å². The van der Waals surface area contributed by atoms with Gasteiger partial charge in [-0.3, -0.25) is 9.59 Å². The van der Waals surface area contributed by atoms with Gasteiger partial charge in [-0.15, -0.1) is 24.9 Å². The number of alkyl halides is 3. The van der Waals surface area contributed by atoms with E-state index in [9.17, 15) is 22.8 Å². The topological polar surface area (TPSA) is 84.7 Å². The zero-order chi connectivity index (χ0) is 21.2. The van der Waals surface area contributed by atoms with Crippen molar-refractivity contribution in [3.05, 3.63) is 52.6 Å². The number of ketones is 1. The highest BCUT2D eigenvalue weighted by Crippen LogP contribution is 2.36. The molecule has 1 fully saturated rings. The molecule has 29 heavy (non-hydrogen) atoms. The summed E-state index contributed by atoms with van der Waals surface area (Å²) in [6.07, 6.45) is -1.48. The molecule has 1 aromatic carbocycles. The minimum Gasteiger partial charge on any atom is -0.406 e. The van der Waals surface area contributed by atoms with Crippen LogP contribution in [0.15, 0.2) is 47.0 Å². The lowest BCUT2D eigenvalue weighted by atomic mass is 9.98. The highest BCUT2D eigenvalue weighted by Gasteiger charge is 2.39. The minimum atomic E-state index is -4.76. The summed E-state index contributed by atoms with van der Waals surface area (Å²) in [5.74, 6) is -0.315. The number of carbonyl (C=O) groups is 2. The number of carbonyl (C=O) groups excluding carboxylic acids is 2. The molecule has 0 spiro atoms. The molecule has 0 aliphatic carbocycles. The van der Waals surface area contributed by atoms with Gasteiger partial charge in [0.1, 0.15) is 11.8 Å². The number of rotatable bonds is 5. The molecule has 10 heteroatoms. The first kappa shape index (κ1) is 21.3. The molecule has 1 amide bonds. The van der Waals surface area contributed by atoms with E-state index in [4.69, 9.17) is 5.73 Å². The Morgan fingerprint density at radius 2 is 2.03 bits per heavy atom. The van der Waals surface area contributed by atoms with E-state index in [1.54, 1.807) is 24.1 Å². The van der Waals surface area contributed by atoms with Crippen molar-refractivity contribution >= 4 is 23.5 Å². The number of ether oxygens (including phenoxy) is 1. The van der Waals surface area contributed by atoms with Crippen molar-refractivity contribution in [1.82, 2.24) is 10.2 Å². The number of nitrogens with zero attached hydrogens (tertiary/aromatic N) is 1. The van der Waals surface area contributed by atoms with Crippen LogP contribution in [0.2, 0.25) is 0 Å². The molecule has 1 aromatic rings. The fourth-order valence-electron chi connectivity index (χ4n) is 3.11. The molecule has 6 nitrogen and oxygen atoms in total. The molecule has 1 saturated heterocycles. The Hall–Kier alpha value is -2.46. The van der Waals surface area contributed by atoms with Crippen molar-refractivity contribution in [3.63, 3.8) is 0 Å². The van der Waals surface area contributed by atoms with Gasteiger partial charge in [-0.2, -0.15) is 0 Å². The monoisotopic (exact) mass is 427 g/mol. The minimum absolute atomic E-state index is 0.154. The highest BCUT2D eigenvalue weighted by molar-refractivity contribution is 8.03. The normalized spacial score (nSPS) is 21.8. The van der Waals surface area contributed by atoms with E-state index in [2.05, 4.69) is 10.1 Å². The fourth-order valence-corrected chi connectivity index (χ4v) is 4.27. The Morgan fingerprint density at radius 3 is 2.66 bits per heavy atom. The van der Waals surface area contributed by atoms with Crippen LogP contribution >= 0.6 is 11.8 Å². The van der Waals surface area contributed by atoms with E-state index in [1.807, 2.05) is 0 Å². The summed E-state index contributed by atoms with van der Waals surface area (Å²) in [6.45, 7) is 2.48. The number of fused-ring (bicyclic) bond motifs is 1. The highest BCUT2D eigenvalue weighted by atomic mass is 32.2. The second-order valence-corrected chi connectivity index (χ2v) is 7.67. The smallest absolute Gasteiger partial charge is 0.406 e. The van der Waals surface area contributed by atoms with Crippen molar-refractivity contribution in [1.29, 1.82) is 0 Å². The number of Topliss-reactive ketones (excluding diaryl/α,β-unsaturated/α-hetero) is 1. The third-order valence-corrected chi connectivity index (χ3v) is 5.59. The zero-order valence-corrected chi connectivity index (χ0v) is 16.3. The molecule has 2 aliphatic heterocycles. The van der Waals surface area contributed by atoms with Gasteiger partial charge in [0, 0.05) is 29.9 Å². The number of thioether (sulfide) groups is 1. The standard InChI is InChI=1S/C19H20F3N3O3S/c1-2-24-18(27)12-7-15-16(17(26)14(23)10-29-15)25(9-12)8-11-3-5-13(6-4-11)28-19(20,21)22/h3-7,9,14,16H,2,8,10,23H2,1H3,(H,24,27)/t14-,16?/m0/s1. The molecule has 2 aliphatic rings. The van der Waals surface area contributed by atoms with Gasteiger partial charge in [0.05, 0.1) is 11.6 Å². The summed E-state index contributed by atoms with van der Waals surface area (Å²) < 4.78 is 40.9. The number of likely N-dealkylation sites (N-methyl/N-ethyl adjacent to an activating group) is 1. The quantitative estimate of drug-likeness (QED) is 0.750. The Labute approximate surface area is 169 Å². The van der Waals surface area contributed by atoms with Crippen molar-refractivity contribution in [3.8, 4) is 5.75 Å². The molecule has 156 valence electrons. The summed E-state index contributed by atoms with van der Waals surface area (Å²) in [5, 5.41) is 2.72. The summed E-state index contributed by atoms with van der Waals surface area (Å²) in [7, 11) is 0. The maximum Gasteiger partial charge on any atom is 0.573 e. The molecule has 2 atom stereocenters. The van der Waals surface area contributed by atoms with Gasteiger partial charge in [0.15, 0.2) is 5.78 Å². The van der Waals surface area contributed by atoms with Crippen molar-refractivity contribution < 1.29 is 27.5 Å². The van der Waals surface area contributed by atoms with Gasteiger partial charge in [0.25, 0.3) is 5.91 Å². The summed E-state index contributed by atoms with van der Waals surface area (Å²) in [5.41, 5.74) is 6.98. The maximum absolute atomic E-state index is 12.7. The molecule has 0 radical (unpaired) electrons. The maximum atomic E-state index is 12.7. The van der Waals surface area contributed by atoms with Crippen LogP contribution in [-0.4, -0.2) is 47.3 Å². The second-order valence-electron chi connectivity index (χ2n) is 6.58. The molecule has 3 N–H and O–H groups in total. The largest absolute Gasteiger partial charge is 0.573 e. The Bertz CT molecular complexity index is 852. The average molecular weight is 427 g/mol. The van der Waals surface area contributed by atoms with Crippen LogP contribution in [-0.2, 0) is 16.1 Å². The Morgan fingerprint density at radius 1 is 1.34 bits per heavy atom. The SMILES string of the molecule is CCNC(=O)C1=CN(Cc2ccc(OC(F)(F)F)cc2)C2C(=O)[C@@H](N)CSC2=C1. The average Bonchev–Trinajstić information content (AvgIpc) is 2.65. The summed E-state index contributed by atoms with van der Waals surface area (Å²) in [6, 6.07) is 4.15. The van der Waals surface area contributed by atoms with Gasteiger partial charge >= 0.3 is 6.36 Å². The Balaban J connectivity index is 1.85. The molecule has 1 unspecified atom stereocenters. The van der Waals surface area contributed by atoms with Crippen LogP contribution in [0.4, 0.5) is 13.2 Å². The number of nitrogens with one attached hydrogen (secondary N) is 1. The van der Waals surface area contributed by atoms with E-state index in [-0.39, 0.29) is 24.0 Å². The van der Waals surface area contributed by atoms with Crippen LogP contribution < -0.4 is 15.8 Å². The summed E-state index contributed by atoms with van der Waals surface area (Å²) in [4.78, 5) is 27.4. The van der Waals surface area contributed by atoms with E-state index in [0.29, 0.717) is 23.4 Å². The molecule has 0 aromatic heterocycles. The lowest BCUT2D eigenvalue weighted by Crippen LogP contribution is -2.52. The van der Waals surface area contributed by atoms with Gasteiger partial charge in [-0.1, -0.05) is 12.1 Å². The number of amides is 1. The van der Waals surface area contributed by atoms with Crippen LogP contribution in [0.25, 0.3) is 0 Å². The number of benzene rings is 1. The fraction of sp³-hybridized carbons (Fsp3) is 0.368. The lowest BCUT2D eigenvalue weighted by Gasteiger charge is -2.38. The van der Waals surface area contributed by atoms with Crippen LogP contribution in [0.3, 0.4) is 0 Å². The Kier molecular flexibility index (Phi) is 6.23. The summed E-state index contributed by atoms with van der Waals surface area (Å²) >= 11 is 1.43. The molecule has 2 heterocycles. The first-order valence-corrected chi connectivity index (χ1v) is 9.90. The van der Waals surface area contributed by atoms with Crippen molar-refractivity contribution in [2.45, 2.75) is 31.9 Å². The van der Waals surface area contributed by atoms with Crippen molar-refractivity contribution in [2.24, 2.45) is 5.73 Å². The van der Waals surface area contributed by atoms with E-state index < -0.39 is 18.4 Å². The third-order valence-electron chi connectivity index (χ3n) is 4.39. The molecule has 0 bridgehead atoms. The van der Waals surface area contributed by atoms with Gasteiger partial charge in [0.2, 0.25) is 0 Å². The number of nitrogens with two attached hydrogens (primary N) is 1. The van der Waals surface area contributed by atoms with Gasteiger partial charge in [-0.25, -0.2) is 0 Å². The van der Waals surface area contributed by atoms with Crippen molar-refractivity contribution in [2.75, 3.05) is 12.3 Å². The first-order valence-electron chi connectivity index (χ1n) is 8.92. The zero-order valence-electron chi connectivity index (χ0n) is 15.5. The predicted octanol–water partition coefficient (Wildman–Crippen LogP) is 2.32. The van der Waals surface area contributed by atoms with E-state index >= 15 is 0 Å². The van der Waals surface area contributed by atoms with Crippen LogP contribution in [0, 0.1) is 0 Å². The number of halogens is 3. The van der Waals surface area contributed by atoms with Gasteiger partial charge < -0.3 is 20.7 Å².